The summed E-state index contributed by atoms with van der Waals surface area (Å²) in [7, 11) is -3.48. The lowest BCUT2D eigenvalue weighted by Gasteiger charge is -2.08. The van der Waals surface area contributed by atoms with E-state index in [0.717, 1.165) is 23.1 Å². The number of sulfonamides is 1. The van der Waals surface area contributed by atoms with E-state index in [9.17, 15) is 8.42 Å². The van der Waals surface area contributed by atoms with Crippen LogP contribution in [-0.2, 0) is 23.0 Å². The van der Waals surface area contributed by atoms with E-state index >= 15 is 0 Å². The normalized spacial score (nSPS) is 11.5. The van der Waals surface area contributed by atoms with E-state index in [1.165, 1.54) is 0 Å². The van der Waals surface area contributed by atoms with Crippen LogP contribution in [0.2, 0.25) is 0 Å². The SMILES string of the molecule is Cc1ccc(CNS(=O)(=O)c2ccc(CCN)cc2)cc1. The Morgan fingerprint density at radius 3 is 2.10 bits per heavy atom. The molecule has 112 valence electrons. The molecule has 0 aliphatic rings. The monoisotopic (exact) mass is 304 g/mol. The topological polar surface area (TPSA) is 72.2 Å². The fraction of sp³-hybridized carbons (Fsp3) is 0.250. The van der Waals surface area contributed by atoms with Gasteiger partial charge in [-0.15, -0.1) is 0 Å². The average molecular weight is 304 g/mol. The van der Waals surface area contributed by atoms with Crippen molar-refractivity contribution in [1.82, 2.24) is 4.72 Å². The molecule has 2 aromatic rings. The molecule has 0 aromatic heterocycles. The summed E-state index contributed by atoms with van der Waals surface area (Å²) in [4.78, 5) is 0.274. The molecule has 0 saturated heterocycles. The number of hydrogen-bond acceptors (Lipinski definition) is 3. The first-order chi connectivity index (χ1) is 10.0. The molecular formula is C16H20N2O2S. The van der Waals surface area contributed by atoms with E-state index in [2.05, 4.69) is 4.72 Å². The van der Waals surface area contributed by atoms with Crippen LogP contribution in [0.15, 0.2) is 53.4 Å². The van der Waals surface area contributed by atoms with Crippen molar-refractivity contribution < 1.29 is 8.42 Å². The molecule has 0 radical (unpaired) electrons. The van der Waals surface area contributed by atoms with E-state index in [-0.39, 0.29) is 11.4 Å². The maximum atomic E-state index is 12.2. The summed E-state index contributed by atoms with van der Waals surface area (Å²) in [5.74, 6) is 0. The minimum absolute atomic E-state index is 0.274. The van der Waals surface area contributed by atoms with Gasteiger partial charge in [-0.2, -0.15) is 0 Å². The first-order valence-electron chi connectivity index (χ1n) is 6.85. The molecule has 0 bridgehead atoms. The first kappa shape index (κ1) is 15.7. The van der Waals surface area contributed by atoms with Crippen LogP contribution in [0.25, 0.3) is 0 Å². The summed E-state index contributed by atoms with van der Waals surface area (Å²) in [6.45, 7) is 2.84. The maximum Gasteiger partial charge on any atom is 0.240 e. The molecule has 0 saturated carbocycles. The highest BCUT2D eigenvalue weighted by molar-refractivity contribution is 7.89. The number of nitrogens with one attached hydrogen (secondary N) is 1. The standard InChI is InChI=1S/C16H20N2O2S/c1-13-2-4-15(5-3-13)12-18-21(19,20)16-8-6-14(7-9-16)10-11-17/h2-9,18H,10-12,17H2,1H3. The Hall–Kier alpha value is -1.69. The second-order valence-electron chi connectivity index (χ2n) is 4.99. The van der Waals surface area contributed by atoms with Crippen molar-refractivity contribution in [3.63, 3.8) is 0 Å². The van der Waals surface area contributed by atoms with Crippen LogP contribution in [0.4, 0.5) is 0 Å². The maximum absolute atomic E-state index is 12.2. The van der Waals surface area contributed by atoms with Gasteiger partial charge in [0.05, 0.1) is 4.90 Å². The van der Waals surface area contributed by atoms with Crippen molar-refractivity contribution in [1.29, 1.82) is 0 Å². The Morgan fingerprint density at radius 1 is 0.952 bits per heavy atom. The Labute approximate surface area is 126 Å². The molecule has 0 aliphatic carbocycles. The Morgan fingerprint density at radius 2 is 1.52 bits per heavy atom. The predicted octanol–water partition coefficient (Wildman–Crippen LogP) is 1.97. The van der Waals surface area contributed by atoms with E-state index in [4.69, 9.17) is 5.73 Å². The Bertz CT molecular complexity index is 677. The van der Waals surface area contributed by atoms with Crippen molar-refractivity contribution >= 4 is 10.0 Å². The number of rotatable bonds is 6. The predicted molar refractivity (Wildman–Crippen MR) is 84.4 cm³/mol. The second kappa shape index (κ2) is 6.85. The molecule has 5 heteroatoms. The Balaban J connectivity index is 2.05. The summed E-state index contributed by atoms with van der Waals surface area (Å²) in [5, 5.41) is 0. The van der Waals surface area contributed by atoms with Crippen LogP contribution in [0.5, 0.6) is 0 Å². The van der Waals surface area contributed by atoms with Crippen LogP contribution in [0, 0.1) is 6.92 Å². The third-order valence-electron chi connectivity index (χ3n) is 3.25. The number of benzene rings is 2. The molecule has 0 aliphatic heterocycles. The van der Waals surface area contributed by atoms with Crippen LogP contribution in [0.3, 0.4) is 0 Å². The van der Waals surface area contributed by atoms with Gasteiger partial charge in [0.2, 0.25) is 10.0 Å². The van der Waals surface area contributed by atoms with Crippen molar-refractivity contribution in [2.75, 3.05) is 6.54 Å². The van der Waals surface area contributed by atoms with Gasteiger partial charge < -0.3 is 5.73 Å². The van der Waals surface area contributed by atoms with Crippen LogP contribution in [-0.4, -0.2) is 15.0 Å². The summed E-state index contributed by atoms with van der Waals surface area (Å²) >= 11 is 0. The van der Waals surface area contributed by atoms with E-state index in [0.29, 0.717) is 6.54 Å². The molecule has 0 unspecified atom stereocenters. The fourth-order valence-corrected chi connectivity index (χ4v) is 2.99. The van der Waals surface area contributed by atoms with Gasteiger partial charge in [-0.1, -0.05) is 42.0 Å². The molecule has 0 atom stereocenters. The first-order valence-corrected chi connectivity index (χ1v) is 8.34. The van der Waals surface area contributed by atoms with E-state index in [1.807, 2.05) is 31.2 Å². The zero-order valence-corrected chi connectivity index (χ0v) is 12.9. The number of aryl methyl sites for hydroxylation is 1. The lowest BCUT2D eigenvalue weighted by Crippen LogP contribution is -2.23. The minimum atomic E-state index is -3.48. The van der Waals surface area contributed by atoms with Gasteiger partial charge >= 0.3 is 0 Å². The Kier molecular flexibility index (Phi) is 5.12. The van der Waals surface area contributed by atoms with Gasteiger partial charge in [0.1, 0.15) is 0 Å². The summed E-state index contributed by atoms with van der Waals surface area (Å²) in [6, 6.07) is 14.6. The lowest BCUT2D eigenvalue weighted by molar-refractivity contribution is 0.581. The quantitative estimate of drug-likeness (QED) is 0.857. The molecule has 21 heavy (non-hydrogen) atoms. The van der Waals surface area contributed by atoms with Crippen molar-refractivity contribution in [2.24, 2.45) is 5.73 Å². The van der Waals surface area contributed by atoms with Gasteiger partial charge in [-0.25, -0.2) is 13.1 Å². The minimum Gasteiger partial charge on any atom is -0.330 e. The van der Waals surface area contributed by atoms with Crippen molar-refractivity contribution in [3.8, 4) is 0 Å². The lowest BCUT2D eigenvalue weighted by atomic mass is 10.2. The highest BCUT2D eigenvalue weighted by Crippen LogP contribution is 2.12. The molecule has 2 aromatic carbocycles. The molecule has 3 N–H and O–H groups in total. The third-order valence-corrected chi connectivity index (χ3v) is 4.67. The largest absolute Gasteiger partial charge is 0.330 e. The highest BCUT2D eigenvalue weighted by atomic mass is 32.2. The van der Waals surface area contributed by atoms with Gasteiger partial charge in [-0.05, 0) is 43.1 Å². The zero-order chi connectivity index (χ0) is 15.3. The number of hydrogen-bond donors (Lipinski definition) is 2. The van der Waals surface area contributed by atoms with Gasteiger partial charge in [0, 0.05) is 6.54 Å². The van der Waals surface area contributed by atoms with Crippen molar-refractivity contribution in [2.45, 2.75) is 24.8 Å². The van der Waals surface area contributed by atoms with Crippen molar-refractivity contribution in [3.05, 3.63) is 65.2 Å². The molecule has 0 heterocycles. The summed E-state index contributed by atoms with van der Waals surface area (Å²) in [5.41, 5.74) is 8.60. The average Bonchev–Trinajstić information content (AvgIpc) is 2.48. The molecule has 0 spiro atoms. The molecular weight excluding hydrogens is 284 g/mol. The van der Waals surface area contributed by atoms with Gasteiger partial charge in [-0.3, -0.25) is 0 Å². The van der Waals surface area contributed by atoms with Crippen LogP contribution < -0.4 is 10.5 Å². The molecule has 2 rings (SSSR count). The van der Waals surface area contributed by atoms with E-state index < -0.39 is 10.0 Å². The fourth-order valence-electron chi connectivity index (χ4n) is 1.97. The molecule has 0 amide bonds. The van der Waals surface area contributed by atoms with E-state index in [1.54, 1.807) is 24.3 Å². The van der Waals surface area contributed by atoms with Crippen LogP contribution >= 0.6 is 0 Å². The zero-order valence-electron chi connectivity index (χ0n) is 12.0. The van der Waals surface area contributed by atoms with Gasteiger partial charge in [0.15, 0.2) is 0 Å². The molecule has 0 fully saturated rings. The summed E-state index contributed by atoms with van der Waals surface area (Å²) in [6.07, 6.45) is 0.747. The number of nitrogens with two attached hydrogens (primary N) is 1. The van der Waals surface area contributed by atoms with Crippen LogP contribution in [0.1, 0.15) is 16.7 Å². The third kappa shape index (κ3) is 4.39. The highest BCUT2D eigenvalue weighted by Gasteiger charge is 2.13. The second-order valence-corrected chi connectivity index (χ2v) is 6.76. The summed E-state index contributed by atoms with van der Waals surface area (Å²) < 4.78 is 27.0. The van der Waals surface area contributed by atoms with Gasteiger partial charge in [0.25, 0.3) is 0 Å². The smallest absolute Gasteiger partial charge is 0.240 e. The molecule has 4 nitrogen and oxygen atoms in total.